The molecule has 2 N–H and O–H groups in total. The normalized spacial score (nSPS) is 18.5. The van der Waals surface area contributed by atoms with Crippen LogP contribution in [0.25, 0.3) is 10.9 Å². The molecule has 0 amide bonds. The molecule has 0 radical (unpaired) electrons. The van der Waals surface area contributed by atoms with Gasteiger partial charge in [0.1, 0.15) is 5.60 Å². The molecular formula is C26H29NO2. The fourth-order valence-electron chi connectivity index (χ4n) is 4.37. The first-order valence-corrected chi connectivity index (χ1v) is 10.6. The lowest BCUT2D eigenvalue weighted by atomic mass is 9.86. The minimum atomic E-state index is -0.441. The number of aliphatic hydroxyl groups excluding tert-OH is 1. The van der Waals surface area contributed by atoms with E-state index in [4.69, 9.17) is 4.74 Å². The predicted molar refractivity (Wildman–Crippen MR) is 118 cm³/mol. The number of rotatable bonds is 4. The summed E-state index contributed by atoms with van der Waals surface area (Å²) in [5.41, 5.74) is 6.43. The highest BCUT2D eigenvalue weighted by molar-refractivity contribution is 5.91. The standard InChI is InChI=1S/C26H29NO2/c1-4-26(13-14-28)25-22(12-15-29-26)23-17-21(18(2)3)16-20(24(23)27-25)11-10-19-8-6-5-7-9-19/h5-9,16-18,27-28H,4,12-15H2,1-3H3. The molecule has 1 aromatic heterocycles. The minimum Gasteiger partial charge on any atom is -0.396 e. The highest BCUT2D eigenvalue weighted by Crippen LogP contribution is 2.42. The first kappa shape index (κ1) is 19.8. The van der Waals surface area contributed by atoms with Gasteiger partial charge in [-0.15, -0.1) is 0 Å². The molecule has 1 aliphatic heterocycles. The highest BCUT2D eigenvalue weighted by atomic mass is 16.5. The van der Waals surface area contributed by atoms with E-state index in [0.29, 0.717) is 18.9 Å². The quantitative estimate of drug-likeness (QED) is 0.601. The molecule has 3 aromatic rings. The Kier molecular flexibility index (Phi) is 5.50. The average molecular weight is 388 g/mol. The van der Waals surface area contributed by atoms with Gasteiger partial charge in [-0.05, 0) is 54.2 Å². The molecule has 0 saturated carbocycles. The number of aliphatic hydroxyl groups is 1. The number of hydrogen-bond donors (Lipinski definition) is 2. The summed E-state index contributed by atoms with van der Waals surface area (Å²) in [5, 5.41) is 10.9. The van der Waals surface area contributed by atoms with Crippen molar-refractivity contribution < 1.29 is 9.84 Å². The lowest BCUT2D eigenvalue weighted by molar-refractivity contribution is -0.0795. The third-order valence-corrected chi connectivity index (χ3v) is 6.09. The molecule has 1 atom stereocenters. The maximum Gasteiger partial charge on any atom is 0.110 e. The Morgan fingerprint density at radius 2 is 1.97 bits per heavy atom. The second-order valence-corrected chi connectivity index (χ2v) is 8.16. The summed E-state index contributed by atoms with van der Waals surface area (Å²) in [5.74, 6) is 7.16. The predicted octanol–water partition coefficient (Wildman–Crippen LogP) is 5.25. The average Bonchev–Trinajstić information content (AvgIpc) is 3.13. The van der Waals surface area contributed by atoms with Gasteiger partial charge < -0.3 is 14.8 Å². The van der Waals surface area contributed by atoms with Gasteiger partial charge in [-0.2, -0.15) is 0 Å². The Hall–Kier alpha value is -2.54. The summed E-state index contributed by atoms with van der Waals surface area (Å²) in [7, 11) is 0. The number of hydrogen-bond acceptors (Lipinski definition) is 2. The van der Waals surface area contributed by atoms with Crippen molar-refractivity contribution in [3.63, 3.8) is 0 Å². The van der Waals surface area contributed by atoms with Gasteiger partial charge in [0.25, 0.3) is 0 Å². The van der Waals surface area contributed by atoms with Crippen LogP contribution in [0.2, 0.25) is 0 Å². The van der Waals surface area contributed by atoms with Crippen LogP contribution in [-0.4, -0.2) is 23.3 Å². The molecule has 0 spiro atoms. The fourth-order valence-corrected chi connectivity index (χ4v) is 4.37. The zero-order valence-corrected chi connectivity index (χ0v) is 17.5. The van der Waals surface area contributed by atoms with Gasteiger partial charge in [-0.25, -0.2) is 0 Å². The highest BCUT2D eigenvalue weighted by Gasteiger charge is 2.38. The van der Waals surface area contributed by atoms with Crippen LogP contribution >= 0.6 is 0 Å². The van der Waals surface area contributed by atoms with E-state index >= 15 is 0 Å². The molecule has 2 heterocycles. The van der Waals surface area contributed by atoms with Gasteiger partial charge in [0.05, 0.1) is 17.8 Å². The van der Waals surface area contributed by atoms with E-state index < -0.39 is 5.60 Å². The Labute approximate surface area is 173 Å². The number of fused-ring (bicyclic) bond motifs is 3. The topological polar surface area (TPSA) is 45.2 Å². The van der Waals surface area contributed by atoms with Crippen LogP contribution in [0.1, 0.15) is 67.5 Å². The number of aromatic nitrogens is 1. The van der Waals surface area contributed by atoms with E-state index in [0.717, 1.165) is 35.2 Å². The molecule has 3 heteroatoms. The summed E-state index contributed by atoms with van der Waals surface area (Å²) in [6, 6.07) is 14.6. The van der Waals surface area contributed by atoms with Crippen molar-refractivity contribution in [3.05, 3.63) is 70.4 Å². The Morgan fingerprint density at radius 1 is 1.17 bits per heavy atom. The van der Waals surface area contributed by atoms with Crippen LogP contribution in [-0.2, 0) is 16.8 Å². The molecule has 0 bridgehead atoms. The van der Waals surface area contributed by atoms with Gasteiger partial charge >= 0.3 is 0 Å². The van der Waals surface area contributed by atoms with Crippen molar-refractivity contribution in [1.29, 1.82) is 0 Å². The minimum absolute atomic E-state index is 0.112. The SMILES string of the molecule is CCC1(CCO)OCCc2c1[nH]c1c(C#Cc3ccccc3)cc(C(C)C)cc21. The third kappa shape index (κ3) is 3.59. The van der Waals surface area contributed by atoms with Crippen LogP contribution in [0, 0.1) is 11.8 Å². The largest absolute Gasteiger partial charge is 0.396 e. The molecule has 150 valence electrons. The molecule has 0 fully saturated rings. The van der Waals surface area contributed by atoms with E-state index in [1.165, 1.54) is 16.5 Å². The second kappa shape index (κ2) is 8.06. The van der Waals surface area contributed by atoms with Crippen LogP contribution in [0.4, 0.5) is 0 Å². The van der Waals surface area contributed by atoms with Crippen molar-refractivity contribution in [3.8, 4) is 11.8 Å². The Morgan fingerprint density at radius 3 is 2.66 bits per heavy atom. The van der Waals surface area contributed by atoms with Crippen molar-refractivity contribution in [1.82, 2.24) is 4.98 Å². The zero-order chi connectivity index (χ0) is 20.4. The van der Waals surface area contributed by atoms with E-state index in [2.05, 4.69) is 49.7 Å². The van der Waals surface area contributed by atoms with Crippen LogP contribution in [0.15, 0.2) is 42.5 Å². The maximum atomic E-state index is 9.68. The van der Waals surface area contributed by atoms with Crippen molar-refractivity contribution >= 4 is 10.9 Å². The smallest absolute Gasteiger partial charge is 0.110 e. The van der Waals surface area contributed by atoms with Gasteiger partial charge in [0.15, 0.2) is 0 Å². The number of benzene rings is 2. The molecule has 4 rings (SSSR count). The summed E-state index contributed by atoms with van der Waals surface area (Å²) in [6.45, 7) is 7.37. The molecule has 29 heavy (non-hydrogen) atoms. The second-order valence-electron chi connectivity index (χ2n) is 8.16. The third-order valence-electron chi connectivity index (χ3n) is 6.09. The molecule has 3 nitrogen and oxygen atoms in total. The van der Waals surface area contributed by atoms with E-state index in [-0.39, 0.29) is 6.61 Å². The van der Waals surface area contributed by atoms with E-state index in [1.54, 1.807) is 0 Å². The van der Waals surface area contributed by atoms with E-state index in [9.17, 15) is 5.11 Å². The molecule has 2 aromatic carbocycles. The Bertz CT molecular complexity index is 1070. The van der Waals surface area contributed by atoms with Gasteiger partial charge in [0, 0.05) is 29.5 Å². The first-order valence-electron chi connectivity index (χ1n) is 10.6. The summed E-state index contributed by atoms with van der Waals surface area (Å²) in [6.07, 6.45) is 2.32. The van der Waals surface area contributed by atoms with Gasteiger partial charge in [0.2, 0.25) is 0 Å². The van der Waals surface area contributed by atoms with Crippen LogP contribution in [0.3, 0.4) is 0 Å². The zero-order valence-electron chi connectivity index (χ0n) is 17.5. The van der Waals surface area contributed by atoms with Gasteiger partial charge in [-0.1, -0.05) is 50.8 Å². The van der Waals surface area contributed by atoms with Crippen molar-refractivity contribution in [2.24, 2.45) is 0 Å². The van der Waals surface area contributed by atoms with Crippen molar-refractivity contribution in [2.75, 3.05) is 13.2 Å². The molecular weight excluding hydrogens is 358 g/mol. The summed E-state index contributed by atoms with van der Waals surface area (Å²) < 4.78 is 6.23. The number of nitrogens with one attached hydrogen (secondary N) is 1. The number of H-pyrrole nitrogens is 1. The summed E-state index contributed by atoms with van der Waals surface area (Å²) >= 11 is 0. The molecule has 0 aliphatic carbocycles. The molecule has 1 aliphatic rings. The Balaban J connectivity index is 1.94. The summed E-state index contributed by atoms with van der Waals surface area (Å²) in [4.78, 5) is 3.68. The van der Waals surface area contributed by atoms with E-state index in [1.807, 2.05) is 30.3 Å². The maximum absolute atomic E-state index is 9.68. The lowest BCUT2D eigenvalue weighted by Gasteiger charge is -2.36. The number of ether oxygens (including phenoxy) is 1. The van der Waals surface area contributed by atoms with Crippen LogP contribution in [0.5, 0.6) is 0 Å². The lowest BCUT2D eigenvalue weighted by Crippen LogP contribution is -2.36. The van der Waals surface area contributed by atoms with Gasteiger partial charge in [-0.3, -0.25) is 0 Å². The number of aromatic amines is 1. The molecule has 1 unspecified atom stereocenters. The first-order chi connectivity index (χ1) is 14.1. The van der Waals surface area contributed by atoms with Crippen LogP contribution < -0.4 is 0 Å². The molecule has 0 saturated heterocycles. The fraction of sp³-hybridized carbons (Fsp3) is 0.385. The monoisotopic (exact) mass is 387 g/mol. The van der Waals surface area contributed by atoms with Crippen molar-refractivity contribution in [2.45, 2.75) is 51.6 Å².